The van der Waals surface area contributed by atoms with Crippen LogP contribution in [-0.4, -0.2) is 35.8 Å². The lowest BCUT2D eigenvalue weighted by molar-refractivity contribution is -0.123. The molecule has 6 nitrogen and oxygen atoms in total. The number of alkyl halides is 1. The quantitative estimate of drug-likeness (QED) is 0.611. The predicted molar refractivity (Wildman–Crippen MR) is 60.1 cm³/mol. The van der Waals surface area contributed by atoms with Crippen molar-refractivity contribution in [1.29, 1.82) is 0 Å². The molecule has 4 amide bonds. The highest BCUT2D eigenvalue weighted by molar-refractivity contribution is 6.28. The van der Waals surface area contributed by atoms with Crippen molar-refractivity contribution in [3.63, 3.8) is 0 Å². The molecule has 0 aliphatic rings. The van der Waals surface area contributed by atoms with E-state index in [9.17, 15) is 14.4 Å². The molecule has 3 N–H and O–H groups in total. The Bertz CT molecular complexity index is 281. The summed E-state index contributed by atoms with van der Waals surface area (Å²) in [6, 6.07) is -1.47. The first-order chi connectivity index (χ1) is 7.36. The zero-order chi connectivity index (χ0) is 12.7. The number of halogens is 1. The fourth-order valence-electron chi connectivity index (χ4n) is 0.868. The van der Waals surface area contributed by atoms with Crippen LogP contribution < -0.4 is 16.0 Å². The van der Waals surface area contributed by atoms with Gasteiger partial charge in [-0.15, -0.1) is 11.6 Å². The van der Waals surface area contributed by atoms with E-state index in [1.807, 2.05) is 19.2 Å². The highest BCUT2D eigenvalue weighted by atomic mass is 35.5. The van der Waals surface area contributed by atoms with Crippen LogP contribution in [0.3, 0.4) is 0 Å². The van der Waals surface area contributed by atoms with Crippen LogP contribution in [0.5, 0.6) is 0 Å². The highest BCUT2D eigenvalue weighted by Crippen LogP contribution is 1.85. The number of nitrogens with one attached hydrogen (secondary N) is 3. The van der Waals surface area contributed by atoms with E-state index in [2.05, 4.69) is 10.6 Å². The van der Waals surface area contributed by atoms with Gasteiger partial charge >= 0.3 is 6.03 Å². The lowest BCUT2D eigenvalue weighted by atomic mass is 10.3. The van der Waals surface area contributed by atoms with E-state index in [1.54, 1.807) is 0 Å². The largest absolute Gasteiger partial charge is 0.352 e. The number of carbonyl (C=O) groups excluding carboxylic acids is 3. The Labute approximate surface area is 99.1 Å². The van der Waals surface area contributed by atoms with Crippen LogP contribution in [0.25, 0.3) is 0 Å². The normalized spacial score (nSPS) is 11.8. The third-order valence-electron chi connectivity index (χ3n) is 1.55. The molecule has 0 bridgehead atoms. The minimum absolute atomic E-state index is 0.00992. The molecule has 0 heterocycles. The maximum atomic E-state index is 11.4. The molecule has 0 radical (unpaired) electrons. The number of rotatable bonds is 4. The minimum atomic E-state index is -0.739. The van der Waals surface area contributed by atoms with Crippen molar-refractivity contribution < 1.29 is 14.4 Å². The Morgan fingerprint density at radius 1 is 1.12 bits per heavy atom. The fourth-order valence-corrected chi connectivity index (χ4v) is 0.935. The molecule has 0 saturated carbocycles. The van der Waals surface area contributed by atoms with Gasteiger partial charge in [0, 0.05) is 6.04 Å². The van der Waals surface area contributed by atoms with E-state index in [0.717, 1.165) is 0 Å². The SMILES string of the molecule is CC(C)NC(=O)C(C)NC(=O)NC(=O)CCl. The molecule has 0 aromatic heterocycles. The van der Waals surface area contributed by atoms with Crippen molar-refractivity contribution >= 4 is 29.4 Å². The van der Waals surface area contributed by atoms with Gasteiger partial charge in [0.2, 0.25) is 11.8 Å². The van der Waals surface area contributed by atoms with Crippen LogP contribution in [0.1, 0.15) is 20.8 Å². The van der Waals surface area contributed by atoms with Gasteiger partial charge in [0.05, 0.1) is 0 Å². The summed E-state index contributed by atoms with van der Waals surface area (Å²) in [6.45, 7) is 5.13. The summed E-state index contributed by atoms with van der Waals surface area (Å²) < 4.78 is 0. The summed E-state index contributed by atoms with van der Waals surface area (Å²) in [5, 5.41) is 6.90. The van der Waals surface area contributed by atoms with Crippen LogP contribution >= 0.6 is 11.6 Å². The zero-order valence-electron chi connectivity index (χ0n) is 9.46. The molecule has 7 heteroatoms. The molecule has 0 aromatic carbocycles. The summed E-state index contributed by atoms with van der Waals surface area (Å²) >= 11 is 5.19. The van der Waals surface area contributed by atoms with Gasteiger partial charge in [-0.2, -0.15) is 0 Å². The number of carbonyl (C=O) groups is 3. The van der Waals surface area contributed by atoms with E-state index >= 15 is 0 Å². The van der Waals surface area contributed by atoms with Crippen molar-refractivity contribution in [3.8, 4) is 0 Å². The Morgan fingerprint density at radius 2 is 1.69 bits per heavy atom. The van der Waals surface area contributed by atoms with Gasteiger partial charge in [-0.3, -0.25) is 14.9 Å². The smallest absolute Gasteiger partial charge is 0.322 e. The summed E-state index contributed by atoms with van der Waals surface area (Å²) in [5.74, 6) is -1.24. The molecule has 1 atom stereocenters. The molecule has 0 fully saturated rings. The van der Waals surface area contributed by atoms with E-state index in [0.29, 0.717) is 0 Å². The van der Waals surface area contributed by atoms with Crippen LogP contribution in [0.2, 0.25) is 0 Å². The van der Waals surface area contributed by atoms with Gasteiger partial charge in [-0.1, -0.05) is 0 Å². The molecule has 0 aromatic rings. The lowest BCUT2D eigenvalue weighted by Gasteiger charge is -2.15. The Morgan fingerprint density at radius 3 is 2.12 bits per heavy atom. The van der Waals surface area contributed by atoms with E-state index in [-0.39, 0.29) is 17.8 Å². The van der Waals surface area contributed by atoms with Gasteiger partial charge in [0.25, 0.3) is 0 Å². The molecule has 92 valence electrons. The Balaban J connectivity index is 4.04. The van der Waals surface area contributed by atoms with E-state index < -0.39 is 18.0 Å². The molecule has 0 saturated heterocycles. The van der Waals surface area contributed by atoms with Crippen molar-refractivity contribution in [2.45, 2.75) is 32.9 Å². The number of amides is 4. The molecule has 0 spiro atoms. The summed E-state index contributed by atoms with van der Waals surface area (Å²) in [6.07, 6.45) is 0. The van der Waals surface area contributed by atoms with Crippen molar-refractivity contribution in [3.05, 3.63) is 0 Å². The molecule has 0 aliphatic heterocycles. The van der Waals surface area contributed by atoms with E-state index in [4.69, 9.17) is 11.6 Å². The Kier molecular flexibility index (Phi) is 6.48. The third kappa shape index (κ3) is 6.23. The van der Waals surface area contributed by atoms with E-state index in [1.165, 1.54) is 6.92 Å². The second-order valence-corrected chi connectivity index (χ2v) is 3.81. The first kappa shape index (κ1) is 14.7. The zero-order valence-corrected chi connectivity index (χ0v) is 10.2. The number of imide groups is 1. The monoisotopic (exact) mass is 249 g/mol. The maximum Gasteiger partial charge on any atom is 0.322 e. The van der Waals surface area contributed by atoms with Crippen molar-refractivity contribution in [2.75, 3.05) is 5.88 Å². The van der Waals surface area contributed by atoms with Gasteiger partial charge in [0.15, 0.2) is 0 Å². The second-order valence-electron chi connectivity index (χ2n) is 3.54. The molecular weight excluding hydrogens is 234 g/mol. The van der Waals surface area contributed by atoms with Gasteiger partial charge in [-0.05, 0) is 20.8 Å². The summed E-state index contributed by atoms with van der Waals surface area (Å²) in [4.78, 5) is 33.3. The topological polar surface area (TPSA) is 87.3 Å². The average molecular weight is 250 g/mol. The van der Waals surface area contributed by atoms with Crippen LogP contribution in [0.15, 0.2) is 0 Å². The van der Waals surface area contributed by atoms with Crippen molar-refractivity contribution in [2.24, 2.45) is 0 Å². The molecule has 1 unspecified atom stereocenters. The van der Waals surface area contributed by atoms with Gasteiger partial charge in [0.1, 0.15) is 11.9 Å². The highest BCUT2D eigenvalue weighted by Gasteiger charge is 2.16. The van der Waals surface area contributed by atoms with Crippen molar-refractivity contribution in [1.82, 2.24) is 16.0 Å². The summed E-state index contributed by atoms with van der Waals surface area (Å²) in [5.41, 5.74) is 0. The van der Waals surface area contributed by atoms with Gasteiger partial charge in [-0.25, -0.2) is 4.79 Å². The number of urea groups is 1. The fraction of sp³-hybridized carbons (Fsp3) is 0.667. The average Bonchev–Trinajstić information content (AvgIpc) is 2.16. The summed E-state index contributed by atoms with van der Waals surface area (Å²) in [7, 11) is 0. The number of hydrogen-bond donors (Lipinski definition) is 3. The molecular formula is C9H16ClN3O3. The molecule has 0 aliphatic carbocycles. The Hall–Kier alpha value is -1.30. The predicted octanol–water partition coefficient (Wildman–Crippen LogP) is -0.0359. The van der Waals surface area contributed by atoms with Gasteiger partial charge < -0.3 is 10.6 Å². The standard InChI is InChI=1S/C9H16ClN3O3/c1-5(2)11-8(15)6(3)12-9(16)13-7(14)4-10/h5-6H,4H2,1-3H3,(H,11,15)(H2,12,13,14,16). The minimum Gasteiger partial charge on any atom is -0.352 e. The van der Waals surface area contributed by atoms with Crippen LogP contribution in [-0.2, 0) is 9.59 Å². The third-order valence-corrected chi connectivity index (χ3v) is 1.79. The maximum absolute atomic E-state index is 11.4. The van der Waals surface area contributed by atoms with Crippen LogP contribution in [0.4, 0.5) is 4.79 Å². The molecule has 0 rings (SSSR count). The van der Waals surface area contributed by atoms with Crippen LogP contribution in [0, 0.1) is 0 Å². The lowest BCUT2D eigenvalue weighted by Crippen LogP contribution is -2.51. The number of hydrogen-bond acceptors (Lipinski definition) is 3. The molecule has 16 heavy (non-hydrogen) atoms. The first-order valence-electron chi connectivity index (χ1n) is 4.83. The second kappa shape index (κ2) is 7.05. The first-order valence-corrected chi connectivity index (χ1v) is 5.37.